The van der Waals surface area contributed by atoms with Gasteiger partial charge in [-0.25, -0.2) is 13.2 Å². The smallest absolute Gasteiger partial charge is 0.338 e. The first-order chi connectivity index (χ1) is 11.0. The molecule has 0 atom stereocenters. The Morgan fingerprint density at radius 1 is 1.29 bits per heavy atom. The summed E-state index contributed by atoms with van der Waals surface area (Å²) in [5.74, 6) is -0.112. The molecule has 0 heterocycles. The largest absolute Gasteiger partial charge is 0.416 e. The van der Waals surface area contributed by atoms with E-state index in [0.29, 0.717) is 5.56 Å². The van der Waals surface area contributed by atoms with Gasteiger partial charge in [-0.05, 0) is 18.1 Å². The summed E-state index contributed by atoms with van der Waals surface area (Å²) in [6.07, 6.45) is -4.15. The number of urea groups is 1. The number of nitrogens with zero attached hydrogens (tertiary/aromatic N) is 1. The van der Waals surface area contributed by atoms with Crippen LogP contribution >= 0.6 is 0 Å². The summed E-state index contributed by atoms with van der Waals surface area (Å²) < 4.78 is 60.6. The van der Waals surface area contributed by atoms with Crippen LogP contribution in [0.25, 0.3) is 0 Å². The number of alkyl halides is 3. The number of rotatable bonds is 7. The molecule has 1 N–H and O–H groups in total. The lowest BCUT2D eigenvalue weighted by Crippen LogP contribution is -2.40. The Labute approximate surface area is 139 Å². The van der Waals surface area contributed by atoms with Gasteiger partial charge in [0.1, 0.15) is 0 Å². The van der Waals surface area contributed by atoms with Crippen LogP contribution in [-0.2, 0) is 22.4 Å². The molecule has 0 saturated heterocycles. The van der Waals surface area contributed by atoms with E-state index in [4.69, 9.17) is 0 Å². The number of carbonyl (C=O) groups is 1. The molecule has 0 bridgehead atoms. The van der Waals surface area contributed by atoms with Crippen LogP contribution in [0, 0.1) is 0 Å². The van der Waals surface area contributed by atoms with E-state index < -0.39 is 27.6 Å². The lowest BCUT2D eigenvalue weighted by Gasteiger charge is -2.18. The van der Waals surface area contributed by atoms with Crippen molar-refractivity contribution < 1.29 is 26.4 Å². The van der Waals surface area contributed by atoms with Gasteiger partial charge in [-0.2, -0.15) is 13.2 Å². The highest BCUT2D eigenvalue weighted by atomic mass is 32.2. The van der Waals surface area contributed by atoms with Crippen molar-refractivity contribution >= 4 is 15.9 Å². The van der Waals surface area contributed by atoms with Gasteiger partial charge in [0.25, 0.3) is 0 Å². The van der Waals surface area contributed by atoms with Crippen molar-refractivity contribution in [1.29, 1.82) is 0 Å². The van der Waals surface area contributed by atoms with Crippen molar-refractivity contribution in [2.45, 2.75) is 19.5 Å². The molecule has 0 unspecified atom stereocenters. The van der Waals surface area contributed by atoms with Gasteiger partial charge in [0, 0.05) is 25.9 Å². The zero-order valence-corrected chi connectivity index (χ0v) is 14.4. The zero-order valence-electron chi connectivity index (χ0n) is 13.6. The molecule has 0 aromatic heterocycles. The van der Waals surface area contributed by atoms with Crippen LogP contribution in [-0.4, -0.2) is 51.0 Å². The van der Waals surface area contributed by atoms with Gasteiger partial charge in [-0.1, -0.05) is 25.1 Å². The molecule has 9 heteroatoms. The highest BCUT2D eigenvalue weighted by molar-refractivity contribution is 7.91. The zero-order chi connectivity index (χ0) is 18.4. The molecule has 0 fully saturated rings. The van der Waals surface area contributed by atoms with Crippen molar-refractivity contribution in [3.05, 3.63) is 35.4 Å². The topological polar surface area (TPSA) is 66.5 Å². The first-order valence-corrected chi connectivity index (χ1v) is 9.23. The average molecular weight is 366 g/mol. The normalized spacial score (nSPS) is 12.0. The molecule has 0 radical (unpaired) electrons. The SMILES string of the molecule is CCS(=O)(=O)CCN(C)C(=O)NCCc1cccc(C(F)(F)F)c1. The van der Waals surface area contributed by atoms with Gasteiger partial charge in [0.15, 0.2) is 9.84 Å². The molecule has 136 valence electrons. The molecule has 1 rings (SSSR count). The van der Waals surface area contributed by atoms with Gasteiger partial charge in [-0.15, -0.1) is 0 Å². The summed E-state index contributed by atoms with van der Waals surface area (Å²) in [7, 11) is -1.70. The number of halogens is 3. The predicted molar refractivity (Wildman–Crippen MR) is 85.5 cm³/mol. The minimum atomic E-state index is -4.40. The number of carbonyl (C=O) groups excluding carboxylic acids is 1. The van der Waals surface area contributed by atoms with E-state index in [1.165, 1.54) is 24.9 Å². The molecular weight excluding hydrogens is 345 g/mol. The van der Waals surface area contributed by atoms with E-state index in [2.05, 4.69) is 5.32 Å². The third-order valence-corrected chi connectivity index (χ3v) is 5.15. The molecule has 0 aliphatic heterocycles. The summed E-state index contributed by atoms with van der Waals surface area (Å²) in [5.41, 5.74) is -0.269. The minimum Gasteiger partial charge on any atom is -0.338 e. The lowest BCUT2D eigenvalue weighted by molar-refractivity contribution is -0.137. The molecule has 24 heavy (non-hydrogen) atoms. The summed E-state index contributed by atoms with van der Waals surface area (Å²) >= 11 is 0. The van der Waals surface area contributed by atoms with Gasteiger partial charge in [0.05, 0.1) is 11.3 Å². The monoisotopic (exact) mass is 366 g/mol. The second kappa shape index (κ2) is 8.36. The van der Waals surface area contributed by atoms with Gasteiger partial charge in [-0.3, -0.25) is 0 Å². The third kappa shape index (κ3) is 6.77. The second-order valence-corrected chi connectivity index (χ2v) is 7.81. The van der Waals surface area contributed by atoms with E-state index >= 15 is 0 Å². The fraction of sp³-hybridized carbons (Fsp3) is 0.533. The Kier molecular flexibility index (Phi) is 7.07. The number of benzene rings is 1. The van der Waals surface area contributed by atoms with E-state index in [1.807, 2.05) is 0 Å². The van der Waals surface area contributed by atoms with Gasteiger partial charge >= 0.3 is 12.2 Å². The van der Waals surface area contributed by atoms with Crippen LogP contribution in [0.2, 0.25) is 0 Å². The molecule has 0 aliphatic carbocycles. The molecule has 5 nitrogen and oxygen atoms in total. The third-order valence-electron chi connectivity index (χ3n) is 3.47. The van der Waals surface area contributed by atoms with Crippen molar-refractivity contribution in [2.75, 3.05) is 31.6 Å². The fourth-order valence-corrected chi connectivity index (χ4v) is 2.71. The fourth-order valence-electron chi connectivity index (χ4n) is 1.87. The van der Waals surface area contributed by atoms with E-state index in [-0.39, 0.29) is 31.0 Å². The van der Waals surface area contributed by atoms with E-state index in [0.717, 1.165) is 12.1 Å². The summed E-state index contributed by atoms with van der Waals surface area (Å²) in [6.45, 7) is 1.75. The van der Waals surface area contributed by atoms with Crippen LogP contribution in [0.15, 0.2) is 24.3 Å². The highest BCUT2D eigenvalue weighted by Crippen LogP contribution is 2.29. The minimum absolute atomic E-state index is 0.0119. The van der Waals surface area contributed by atoms with Crippen LogP contribution in [0.1, 0.15) is 18.1 Å². The molecule has 0 spiro atoms. The first-order valence-electron chi connectivity index (χ1n) is 7.40. The van der Waals surface area contributed by atoms with Crippen molar-refractivity contribution in [3.63, 3.8) is 0 Å². The van der Waals surface area contributed by atoms with Crippen LogP contribution in [0.3, 0.4) is 0 Å². The standard InChI is InChI=1S/C15H21F3N2O3S/c1-3-24(22,23)10-9-20(2)14(21)19-8-7-12-5-4-6-13(11-12)15(16,17)18/h4-6,11H,3,7-10H2,1-2H3,(H,19,21). The quantitative estimate of drug-likeness (QED) is 0.805. The number of hydrogen-bond donors (Lipinski definition) is 1. The molecule has 0 saturated carbocycles. The Balaban J connectivity index is 2.46. The molecule has 0 aliphatic rings. The molecule has 2 amide bonds. The predicted octanol–water partition coefficient (Wildman–Crippen LogP) is 2.32. The number of hydrogen-bond acceptors (Lipinski definition) is 3. The highest BCUT2D eigenvalue weighted by Gasteiger charge is 2.30. The van der Waals surface area contributed by atoms with E-state index in [1.54, 1.807) is 6.07 Å². The number of nitrogens with one attached hydrogen (secondary N) is 1. The maximum absolute atomic E-state index is 12.6. The molecule has 1 aromatic carbocycles. The average Bonchev–Trinajstić information content (AvgIpc) is 2.52. The second-order valence-electron chi connectivity index (χ2n) is 5.34. The van der Waals surface area contributed by atoms with Crippen molar-refractivity contribution in [2.24, 2.45) is 0 Å². The maximum Gasteiger partial charge on any atom is 0.416 e. The summed E-state index contributed by atoms with van der Waals surface area (Å²) in [4.78, 5) is 13.0. The lowest BCUT2D eigenvalue weighted by atomic mass is 10.1. The Morgan fingerprint density at radius 3 is 2.54 bits per heavy atom. The van der Waals surface area contributed by atoms with Gasteiger partial charge in [0.2, 0.25) is 0 Å². The molecule has 1 aromatic rings. The van der Waals surface area contributed by atoms with E-state index in [9.17, 15) is 26.4 Å². The summed E-state index contributed by atoms with van der Waals surface area (Å²) in [6, 6.07) is 4.45. The maximum atomic E-state index is 12.6. The van der Waals surface area contributed by atoms with Crippen LogP contribution < -0.4 is 5.32 Å². The van der Waals surface area contributed by atoms with Crippen molar-refractivity contribution in [1.82, 2.24) is 10.2 Å². The Bertz CT molecular complexity index is 660. The summed E-state index contributed by atoms with van der Waals surface area (Å²) in [5, 5.41) is 2.55. The van der Waals surface area contributed by atoms with Crippen molar-refractivity contribution in [3.8, 4) is 0 Å². The number of amides is 2. The Hall–Kier alpha value is -1.77. The Morgan fingerprint density at radius 2 is 1.96 bits per heavy atom. The first kappa shape index (κ1) is 20.3. The van der Waals surface area contributed by atoms with Crippen LogP contribution in [0.5, 0.6) is 0 Å². The van der Waals surface area contributed by atoms with Gasteiger partial charge < -0.3 is 10.2 Å². The number of sulfone groups is 1. The van der Waals surface area contributed by atoms with Crippen LogP contribution in [0.4, 0.5) is 18.0 Å². The molecular formula is C15H21F3N2O3S.